The summed E-state index contributed by atoms with van der Waals surface area (Å²) in [4.78, 5) is 7.99. The van der Waals surface area contributed by atoms with Crippen molar-refractivity contribution in [2.24, 2.45) is 5.73 Å². The van der Waals surface area contributed by atoms with E-state index in [1.165, 1.54) is 24.5 Å². The first-order valence-electron chi connectivity index (χ1n) is 4.81. The molecule has 4 nitrogen and oxygen atoms in total. The van der Waals surface area contributed by atoms with E-state index < -0.39 is 5.82 Å². The number of benzene rings is 1. The topological polar surface area (TPSA) is 61.0 Å². The maximum Gasteiger partial charge on any atom is 0.248 e. The highest BCUT2D eigenvalue weighted by atomic mass is 79.9. The molecule has 0 saturated carbocycles. The maximum atomic E-state index is 13.2. The van der Waals surface area contributed by atoms with Crippen molar-refractivity contribution in [2.45, 2.75) is 0 Å². The van der Waals surface area contributed by atoms with Crippen LogP contribution in [0.2, 0.25) is 0 Å². The van der Waals surface area contributed by atoms with E-state index in [4.69, 9.17) is 22.7 Å². The summed E-state index contributed by atoms with van der Waals surface area (Å²) in [5, 5.41) is 0. The van der Waals surface area contributed by atoms with Gasteiger partial charge in [-0.1, -0.05) is 28.1 Å². The smallest absolute Gasteiger partial charge is 0.248 e. The zero-order chi connectivity index (χ0) is 13.1. The molecule has 7 heteroatoms. The number of nitrogens with two attached hydrogens (primary N) is 1. The molecule has 0 aliphatic carbocycles. The first kappa shape index (κ1) is 12.8. The van der Waals surface area contributed by atoms with Gasteiger partial charge in [0.05, 0.1) is 0 Å². The van der Waals surface area contributed by atoms with Crippen LogP contribution in [0.25, 0.3) is 0 Å². The average molecular weight is 328 g/mol. The molecular formula is C11H7BrFN3OS. The Balaban J connectivity index is 2.37. The van der Waals surface area contributed by atoms with Crippen LogP contribution in [0.4, 0.5) is 4.39 Å². The first-order valence-corrected chi connectivity index (χ1v) is 6.01. The number of hydrogen-bond acceptors (Lipinski definition) is 4. The van der Waals surface area contributed by atoms with E-state index in [1.54, 1.807) is 6.07 Å². The minimum Gasteiger partial charge on any atom is -0.437 e. The summed E-state index contributed by atoms with van der Waals surface area (Å²) in [6.45, 7) is 0. The summed E-state index contributed by atoms with van der Waals surface area (Å²) >= 11 is 8.00. The van der Waals surface area contributed by atoms with Gasteiger partial charge in [-0.25, -0.2) is 14.4 Å². The van der Waals surface area contributed by atoms with Crippen LogP contribution in [0.3, 0.4) is 0 Å². The van der Waals surface area contributed by atoms with Crippen LogP contribution in [0.15, 0.2) is 35.1 Å². The third kappa shape index (κ3) is 2.99. The molecule has 18 heavy (non-hydrogen) atoms. The quantitative estimate of drug-likeness (QED) is 0.878. The molecule has 0 atom stereocenters. The van der Waals surface area contributed by atoms with Gasteiger partial charge in [0.25, 0.3) is 0 Å². The number of nitrogens with zero attached hydrogens (tertiary/aromatic N) is 2. The minimum atomic E-state index is -0.430. The lowest BCUT2D eigenvalue weighted by Gasteiger charge is -2.08. The summed E-state index contributed by atoms with van der Waals surface area (Å²) in [6.07, 6.45) is 2.88. The Morgan fingerprint density at radius 3 is 2.67 bits per heavy atom. The van der Waals surface area contributed by atoms with Gasteiger partial charge in [0, 0.05) is 22.9 Å². The second-order valence-electron chi connectivity index (χ2n) is 3.28. The summed E-state index contributed by atoms with van der Waals surface area (Å²) in [7, 11) is 0. The van der Waals surface area contributed by atoms with Gasteiger partial charge in [0.15, 0.2) is 5.69 Å². The van der Waals surface area contributed by atoms with Crippen LogP contribution >= 0.6 is 28.1 Å². The van der Waals surface area contributed by atoms with Crippen LogP contribution < -0.4 is 10.5 Å². The SMILES string of the molecule is NC(=S)c1nccnc1Oc1cc(F)cc(Br)c1. The Labute approximate surface area is 116 Å². The third-order valence-electron chi connectivity index (χ3n) is 1.95. The molecule has 0 radical (unpaired) electrons. The largest absolute Gasteiger partial charge is 0.437 e. The predicted molar refractivity (Wildman–Crippen MR) is 72.1 cm³/mol. The van der Waals surface area contributed by atoms with E-state index >= 15 is 0 Å². The van der Waals surface area contributed by atoms with Crippen LogP contribution in [0.5, 0.6) is 11.6 Å². The molecular weight excluding hydrogens is 321 g/mol. The van der Waals surface area contributed by atoms with Gasteiger partial charge >= 0.3 is 0 Å². The second-order valence-corrected chi connectivity index (χ2v) is 4.64. The molecule has 2 N–H and O–H groups in total. The molecule has 0 amide bonds. The summed E-state index contributed by atoms with van der Waals surface area (Å²) in [5.41, 5.74) is 5.75. The Bertz CT molecular complexity index is 588. The number of aromatic nitrogens is 2. The molecule has 0 unspecified atom stereocenters. The van der Waals surface area contributed by atoms with Crippen molar-refractivity contribution >= 4 is 33.1 Å². The van der Waals surface area contributed by atoms with Crippen molar-refractivity contribution in [3.05, 3.63) is 46.6 Å². The van der Waals surface area contributed by atoms with E-state index in [0.29, 0.717) is 4.47 Å². The Morgan fingerprint density at radius 1 is 1.28 bits per heavy atom. The second kappa shape index (κ2) is 5.36. The lowest BCUT2D eigenvalue weighted by molar-refractivity contribution is 0.454. The fourth-order valence-electron chi connectivity index (χ4n) is 1.27. The zero-order valence-corrected chi connectivity index (χ0v) is 11.3. The Morgan fingerprint density at radius 2 is 2.00 bits per heavy atom. The highest BCUT2D eigenvalue weighted by Crippen LogP contribution is 2.25. The molecule has 0 bridgehead atoms. The van der Waals surface area contributed by atoms with Gasteiger partial charge < -0.3 is 10.5 Å². The highest BCUT2D eigenvalue weighted by Gasteiger charge is 2.11. The van der Waals surface area contributed by atoms with Crippen molar-refractivity contribution < 1.29 is 9.13 Å². The van der Waals surface area contributed by atoms with Crippen LogP contribution in [0, 0.1) is 5.82 Å². The Hall–Kier alpha value is -1.60. The number of rotatable bonds is 3. The highest BCUT2D eigenvalue weighted by molar-refractivity contribution is 9.10. The molecule has 2 aromatic rings. The van der Waals surface area contributed by atoms with Gasteiger partial charge in [-0.2, -0.15) is 0 Å². The van der Waals surface area contributed by atoms with Crippen molar-refractivity contribution in [1.82, 2.24) is 9.97 Å². The van der Waals surface area contributed by atoms with Gasteiger partial charge in [-0.3, -0.25) is 0 Å². The molecule has 0 fully saturated rings. The molecule has 0 saturated heterocycles. The predicted octanol–water partition coefficient (Wildman–Crippen LogP) is 2.80. The summed E-state index contributed by atoms with van der Waals surface area (Å²) in [5.74, 6) is -0.0116. The van der Waals surface area contributed by atoms with E-state index in [-0.39, 0.29) is 22.3 Å². The van der Waals surface area contributed by atoms with Crippen LogP contribution in [-0.4, -0.2) is 15.0 Å². The van der Waals surface area contributed by atoms with E-state index in [1.807, 2.05) is 0 Å². The van der Waals surface area contributed by atoms with E-state index in [9.17, 15) is 4.39 Å². The van der Waals surface area contributed by atoms with E-state index in [0.717, 1.165) is 0 Å². The summed E-state index contributed by atoms with van der Waals surface area (Å²) in [6, 6.07) is 4.14. The summed E-state index contributed by atoms with van der Waals surface area (Å²) < 4.78 is 19.2. The molecule has 0 aliphatic rings. The van der Waals surface area contributed by atoms with Crippen molar-refractivity contribution in [1.29, 1.82) is 0 Å². The molecule has 1 heterocycles. The van der Waals surface area contributed by atoms with Gasteiger partial charge in [-0.15, -0.1) is 0 Å². The number of hydrogen-bond donors (Lipinski definition) is 1. The molecule has 0 spiro atoms. The first-order chi connectivity index (χ1) is 8.56. The van der Waals surface area contributed by atoms with Crippen LogP contribution in [0.1, 0.15) is 5.69 Å². The lowest BCUT2D eigenvalue weighted by atomic mass is 10.3. The maximum absolute atomic E-state index is 13.2. The fraction of sp³-hybridized carbons (Fsp3) is 0. The molecule has 1 aromatic heterocycles. The molecule has 92 valence electrons. The number of ether oxygens (including phenoxy) is 1. The van der Waals surface area contributed by atoms with Crippen molar-refractivity contribution in [3.63, 3.8) is 0 Å². The van der Waals surface area contributed by atoms with Crippen molar-refractivity contribution in [3.8, 4) is 11.6 Å². The van der Waals surface area contributed by atoms with Crippen LogP contribution in [-0.2, 0) is 0 Å². The Kier molecular flexibility index (Phi) is 3.83. The van der Waals surface area contributed by atoms with Gasteiger partial charge in [0.1, 0.15) is 16.6 Å². The van der Waals surface area contributed by atoms with Crippen molar-refractivity contribution in [2.75, 3.05) is 0 Å². The molecule has 1 aromatic carbocycles. The van der Waals surface area contributed by atoms with E-state index in [2.05, 4.69) is 25.9 Å². The lowest BCUT2D eigenvalue weighted by Crippen LogP contribution is -2.13. The molecule has 2 rings (SSSR count). The average Bonchev–Trinajstić information content (AvgIpc) is 2.27. The number of thiocarbonyl (C=S) groups is 1. The fourth-order valence-corrected chi connectivity index (χ4v) is 1.85. The monoisotopic (exact) mass is 327 g/mol. The molecule has 0 aliphatic heterocycles. The third-order valence-corrected chi connectivity index (χ3v) is 2.60. The number of halogens is 2. The standard InChI is InChI=1S/C11H7BrFN3OS/c12-6-3-7(13)5-8(4-6)17-11-9(10(14)18)15-1-2-16-11/h1-5H,(H2,14,18). The van der Waals surface area contributed by atoms with Gasteiger partial charge in [0.2, 0.25) is 5.88 Å². The minimum absolute atomic E-state index is 0.0635. The normalized spacial score (nSPS) is 10.1. The van der Waals surface area contributed by atoms with Gasteiger partial charge in [-0.05, 0) is 12.1 Å². The zero-order valence-electron chi connectivity index (χ0n) is 8.93.